The van der Waals surface area contributed by atoms with Crippen molar-refractivity contribution in [2.24, 2.45) is 17.6 Å². The van der Waals surface area contributed by atoms with Crippen LogP contribution in [0.1, 0.15) is 32.6 Å². The van der Waals surface area contributed by atoms with Gasteiger partial charge in [-0.1, -0.05) is 6.92 Å². The average molecular weight is 239 g/mol. The van der Waals surface area contributed by atoms with Gasteiger partial charge in [0.1, 0.15) is 0 Å². The zero-order valence-corrected chi connectivity index (χ0v) is 9.81. The van der Waals surface area contributed by atoms with Gasteiger partial charge < -0.3 is 10.5 Å². The summed E-state index contributed by atoms with van der Waals surface area (Å²) in [5.41, 5.74) is 5.66. The van der Waals surface area contributed by atoms with Crippen LogP contribution in [-0.2, 0) is 4.74 Å². The Kier molecular flexibility index (Phi) is 4.23. The topological polar surface area (TPSA) is 35.2 Å². The fourth-order valence-corrected chi connectivity index (χ4v) is 2.39. The predicted molar refractivity (Wildman–Crippen MR) is 56.0 cm³/mol. The minimum Gasteiger partial charge on any atom is -0.384 e. The molecule has 0 radical (unpaired) electrons. The van der Waals surface area contributed by atoms with Gasteiger partial charge in [-0.2, -0.15) is 13.2 Å². The summed E-state index contributed by atoms with van der Waals surface area (Å²) < 4.78 is 42.4. The quantitative estimate of drug-likeness (QED) is 0.821. The molecule has 1 aliphatic rings. The second-order valence-corrected chi connectivity index (χ2v) is 4.91. The first kappa shape index (κ1) is 13.8. The fraction of sp³-hybridized carbons (Fsp3) is 1.00. The molecule has 1 saturated carbocycles. The third kappa shape index (κ3) is 3.10. The molecule has 2 N–H and O–H groups in total. The minimum absolute atomic E-state index is 0.103. The highest BCUT2D eigenvalue weighted by molar-refractivity contribution is 4.94. The molecule has 1 aliphatic carbocycles. The Balaban J connectivity index is 2.53. The van der Waals surface area contributed by atoms with Crippen LogP contribution in [0.3, 0.4) is 0 Å². The zero-order valence-electron chi connectivity index (χ0n) is 9.81. The first-order valence-electron chi connectivity index (χ1n) is 5.64. The van der Waals surface area contributed by atoms with Crippen LogP contribution in [-0.4, -0.2) is 25.4 Å². The van der Waals surface area contributed by atoms with Crippen LogP contribution in [0, 0.1) is 11.8 Å². The number of hydrogen-bond acceptors (Lipinski definition) is 2. The van der Waals surface area contributed by atoms with Gasteiger partial charge in [0.15, 0.2) is 0 Å². The van der Waals surface area contributed by atoms with E-state index in [0.29, 0.717) is 19.4 Å². The van der Waals surface area contributed by atoms with E-state index in [2.05, 4.69) is 0 Å². The van der Waals surface area contributed by atoms with Gasteiger partial charge in [-0.15, -0.1) is 0 Å². The van der Waals surface area contributed by atoms with Crippen LogP contribution in [0.25, 0.3) is 0 Å². The summed E-state index contributed by atoms with van der Waals surface area (Å²) in [5, 5.41) is 0. The number of halogens is 3. The Labute approximate surface area is 94.3 Å². The molecule has 0 spiro atoms. The van der Waals surface area contributed by atoms with Crippen molar-refractivity contribution in [3.8, 4) is 0 Å². The molecule has 2 nitrogen and oxygen atoms in total. The summed E-state index contributed by atoms with van der Waals surface area (Å²) in [6, 6.07) is 0. The van der Waals surface area contributed by atoms with Crippen LogP contribution in [0.15, 0.2) is 0 Å². The van der Waals surface area contributed by atoms with Crippen molar-refractivity contribution in [3.63, 3.8) is 0 Å². The molecule has 0 amide bonds. The summed E-state index contributed by atoms with van der Waals surface area (Å²) in [6.07, 6.45) is -2.91. The molecule has 16 heavy (non-hydrogen) atoms. The highest BCUT2D eigenvalue weighted by Crippen LogP contribution is 2.42. The molecule has 1 fully saturated rings. The lowest BCUT2D eigenvalue weighted by atomic mass is 9.71. The van der Waals surface area contributed by atoms with Gasteiger partial charge in [-0.3, -0.25) is 0 Å². The average Bonchev–Trinajstić information content (AvgIpc) is 2.17. The highest BCUT2D eigenvalue weighted by Gasteiger charge is 2.45. The number of methoxy groups -OCH3 is 1. The van der Waals surface area contributed by atoms with E-state index >= 15 is 0 Å². The van der Waals surface area contributed by atoms with E-state index in [1.165, 1.54) is 0 Å². The molecule has 0 heterocycles. The fourth-order valence-electron chi connectivity index (χ4n) is 2.39. The van der Waals surface area contributed by atoms with Gasteiger partial charge in [0.05, 0.1) is 12.5 Å². The SMILES string of the molecule is COCC(C)C1(N)CCC(C(F)(F)F)CC1. The number of nitrogens with two attached hydrogens (primary N) is 1. The molecule has 0 bridgehead atoms. The Hall–Kier alpha value is -0.290. The Morgan fingerprint density at radius 1 is 1.38 bits per heavy atom. The largest absolute Gasteiger partial charge is 0.391 e. The molecule has 96 valence electrons. The molecule has 0 aromatic heterocycles. The lowest BCUT2D eigenvalue weighted by molar-refractivity contribution is -0.185. The van der Waals surface area contributed by atoms with E-state index in [9.17, 15) is 13.2 Å². The van der Waals surface area contributed by atoms with Crippen molar-refractivity contribution in [2.75, 3.05) is 13.7 Å². The summed E-state index contributed by atoms with van der Waals surface area (Å²) in [6.45, 7) is 2.45. The normalized spacial score (nSPS) is 33.8. The van der Waals surface area contributed by atoms with Crippen molar-refractivity contribution in [3.05, 3.63) is 0 Å². The van der Waals surface area contributed by atoms with E-state index in [0.717, 1.165) is 0 Å². The van der Waals surface area contributed by atoms with Crippen LogP contribution in [0.4, 0.5) is 13.2 Å². The van der Waals surface area contributed by atoms with E-state index in [1.54, 1.807) is 7.11 Å². The van der Waals surface area contributed by atoms with Crippen molar-refractivity contribution in [2.45, 2.75) is 44.3 Å². The van der Waals surface area contributed by atoms with Crippen LogP contribution >= 0.6 is 0 Å². The molecule has 0 saturated heterocycles. The number of alkyl halides is 3. The third-order valence-electron chi connectivity index (χ3n) is 3.78. The molecule has 1 rings (SSSR count). The van der Waals surface area contributed by atoms with Crippen LogP contribution in [0.5, 0.6) is 0 Å². The van der Waals surface area contributed by atoms with Gasteiger partial charge in [0, 0.05) is 12.6 Å². The molecule has 1 unspecified atom stereocenters. The second kappa shape index (κ2) is 4.92. The summed E-state index contributed by atoms with van der Waals surface area (Å²) in [7, 11) is 1.58. The maximum atomic E-state index is 12.5. The summed E-state index contributed by atoms with van der Waals surface area (Å²) in [4.78, 5) is 0. The molecule has 0 aromatic rings. The Morgan fingerprint density at radius 2 is 1.88 bits per heavy atom. The van der Waals surface area contributed by atoms with Crippen molar-refractivity contribution >= 4 is 0 Å². The van der Waals surface area contributed by atoms with Gasteiger partial charge >= 0.3 is 6.18 Å². The van der Waals surface area contributed by atoms with Crippen molar-refractivity contribution in [1.82, 2.24) is 0 Å². The zero-order chi connectivity index (χ0) is 12.4. The predicted octanol–water partition coefficient (Wildman–Crippen LogP) is 2.72. The number of ether oxygens (including phenoxy) is 1. The summed E-state index contributed by atoms with van der Waals surface area (Å²) >= 11 is 0. The van der Waals surface area contributed by atoms with Gasteiger partial charge in [-0.05, 0) is 31.6 Å². The van der Waals surface area contributed by atoms with Crippen LogP contribution in [0.2, 0.25) is 0 Å². The van der Waals surface area contributed by atoms with E-state index < -0.39 is 17.6 Å². The molecule has 5 heteroatoms. The van der Waals surface area contributed by atoms with Gasteiger partial charge in [0.25, 0.3) is 0 Å². The van der Waals surface area contributed by atoms with Gasteiger partial charge in [-0.25, -0.2) is 0 Å². The second-order valence-electron chi connectivity index (χ2n) is 4.91. The number of hydrogen-bond donors (Lipinski definition) is 1. The lowest BCUT2D eigenvalue weighted by Gasteiger charge is -2.41. The Bertz CT molecular complexity index is 222. The first-order valence-corrected chi connectivity index (χ1v) is 5.64. The molecule has 0 aliphatic heterocycles. The van der Waals surface area contributed by atoms with Gasteiger partial charge in [0.2, 0.25) is 0 Å². The van der Waals surface area contributed by atoms with Crippen molar-refractivity contribution < 1.29 is 17.9 Å². The monoisotopic (exact) mass is 239 g/mol. The standard InChI is InChI=1S/C11H20F3NO/c1-8(7-16-2)10(15)5-3-9(4-6-10)11(12,13)14/h8-9H,3-7,15H2,1-2H3. The highest BCUT2D eigenvalue weighted by atomic mass is 19.4. The minimum atomic E-state index is -4.06. The third-order valence-corrected chi connectivity index (χ3v) is 3.78. The number of rotatable bonds is 3. The Morgan fingerprint density at radius 3 is 2.25 bits per heavy atom. The summed E-state index contributed by atoms with van der Waals surface area (Å²) in [5.74, 6) is -1.06. The maximum Gasteiger partial charge on any atom is 0.391 e. The molecular formula is C11H20F3NO. The molecule has 0 aromatic carbocycles. The van der Waals surface area contributed by atoms with E-state index in [-0.39, 0.29) is 18.8 Å². The smallest absolute Gasteiger partial charge is 0.384 e. The van der Waals surface area contributed by atoms with E-state index in [1.807, 2.05) is 6.92 Å². The maximum absolute atomic E-state index is 12.5. The molecular weight excluding hydrogens is 219 g/mol. The van der Waals surface area contributed by atoms with Crippen molar-refractivity contribution in [1.29, 1.82) is 0 Å². The lowest BCUT2D eigenvalue weighted by Crippen LogP contribution is -2.51. The first-order chi connectivity index (χ1) is 7.29. The van der Waals surface area contributed by atoms with Crippen LogP contribution < -0.4 is 5.73 Å². The van der Waals surface area contributed by atoms with E-state index in [4.69, 9.17) is 10.5 Å². The molecule has 1 atom stereocenters.